The molecule has 0 atom stereocenters. The second-order valence-electron chi connectivity index (χ2n) is 2.77. The minimum atomic E-state index is -4.54. The van der Waals surface area contributed by atoms with E-state index in [1.54, 1.807) is 0 Å². The fraction of sp³-hybridized carbons (Fsp3) is 0.250. The lowest BCUT2D eigenvalue weighted by Crippen LogP contribution is -2.14. The molecule has 0 radical (unpaired) electrons. The molecule has 2 N–H and O–H groups in total. The Bertz CT molecular complexity index is 409. The summed E-state index contributed by atoms with van der Waals surface area (Å²) in [5, 5.41) is 0. The molecule has 1 aromatic rings. The highest BCUT2D eigenvalue weighted by molar-refractivity contribution is 9.10. The van der Waals surface area contributed by atoms with Crippen LogP contribution in [0.5, 0.6) is 0 Å². The number of hydrogen-bond acceptors (Lipinski definition) is 3. The van der Waals surface area contributed by atoms with Gasteiger partial charge in [0.15, 0.2) is 0 Å². The Balaban J connectivity index is 2.95. The van der Waals surface area contributed by atoms with Gasteiger partial charge >= 0.3 is 12.3 Å². The van der Waals surface area contributed by atoms with Gasteiger partial charge in [-0.3, -0.25) is 4.98 Å². The van der Waals surface area contributed by atoms with Gasteiger partial charge in [-0.1, -0.05) is 0 Å². The van der Waals surface area contributed by atoms with Crippen molar-refractivity contribution >= 4 is 22.0 Å². The van der Waals surface area contributed by atoms with E-state index >= 15 is 0 Å². The first kappa shape index (κ1) is 12.8. The molecule has 16 heavy (non-hydrogen) atoms. The molecule has 0 aliphatic rings. The number of nitrogens with two attached hydrogens (primary N) is 1. The number of nitrogens with zero attached hydrogens (tertiary/aromatic N) is 1. The van der Waals surface area contributed by atoms with Crippen LogP contribution in [-0.4, -0.2) is 11.1 Å². The van der Waals surface area contributed by atoms with Crippen molar-refractivity contribution in [1.29, 1.82) is 0 Å². The van der Waals surface area contributed by atoms with Crippen molar-refractivity contribution < 1.29 is 22.7 Å². The summed E-state index contributed by atoms with van der Waals surface area (Å²) in [6.45, 7) is -0.346. The zero-order valence-electron chi connectivity index (χ0n) is 7.71. The second-order valence-corrected chi connectivity index (χ2v) is 3.62. The highest BCUT2D eigenvalue weighted by Gasteiger charge is 2.32. The van der Waals surface area contributed by atoms with Crippen molar-refractivity contribution in [3.05, 3.63) is 28.0 Å². The summed E-state index contributed by atoms with van der Waals surface area (Å²) >= 11 is 2.99. The van der Waals surface area contributed by atoms with E-state index in [9.17, 15) is 18.0 Å². The molecular formula is C8H6BrF3N2O2. The third kappa shape index (κ3) is 3.37. The predicted octanol–water partition coefficient (Wildman–Crippen LogP) is 2.46. The number of hydrogen-bond donors (Lipinski definition) is 1. The Morgan fingerprint density at radius 2 is 2.19 bits per heavy atom. The lowest BCUT2D eigenvalue weighted by Gasteiger charge is -2.09. The summed E-state index contributed by atoms with van der Waals surface area (Å²) in [5.74, 6) is 0. The average molecular weight is 299 g/mol. The smallest absolute Gasteiger partial charge is 0.433 e. The fourth-order valence-corrected chi connectivity index (χ4v) is 1.23. The first-order valence-corrected chi connectivity index (χ1v) is 4.74. The zero-order chi connectivity index (χ0) is 12.3. The number of amides is 1. The molecule has 1 heterocycles. The van der Waals surface area contributed by atoms with Crippen LogP contribution >= 0.6 is 15.9 Å². The molecule has 0 spiro atoms. The number of aromatic nitrogens is 1. The highest BCUT2D eigenvalue weighted by Crippen LogP contribution is 2.30. The van der Waals surface area contributed by atoms with Gasteiger partial charge in [-0.15, -0.1) is 0 Å². The standard InChI is InChI=1S/C8H6BrF3N2O2/c9-5-2-14-6(8(10,11)12)1-4(5)3-16-7(13)15/h1-2H,3H2,(H2,13,15). The van der Waals surface area contributed by atoms with Crippen LogP contribution in [-0.2, 0) is 17.5 Å². The summed E-state index contributed by atoms with van der Waals surface area (Å²) in [6, 6.07) is 0.785. The Labute approximate surface area is 96.7 Å². The van der Waals surface area contributed by atoms with Crippen LogP contribution < -0.4 is 5.73 Å². The Kier molecular flexibility index (Phi) is 3.74. The number of rotatable bonds is 2. The first-order valence-electron chi connectivity index (χ1n) is 3.94. The van der Waals surface area contributed by atoms with E-state index in [1.165, 1.54) is 0 Å². The monoisotopic (exact) mass is 298 g/mol. The quantitative estimate of drug-likeness (QED) is 0.912. The highest BCUT2D eigenvalue weighted by atomic mass is 79.9. The molecule has 4 nitrogen and oxygen atoms in total. The molecule has 1 aromatic heterocycles. The van der Waals surface area contributed by atoms with Gasteiger partial charge in [-0.2, -0.15) is 13.2 Å². The van der Waals surface area contributed by atoms with Crippen molar-refractivity contribution in [1.82, 2.24) is 4.98 Å². The normalized spacial score (nSPS) is 11.2. The maximum atomic E-state index is 12.3. The molecule has 0 unspecified atom stereocenters. The topological polar surface area (TPSA) is 65.2 Å². The number of alkyl halides is 3. The molecule has 1 amide bonds. The van der Waals surface area contributed by atoms with Crippen molar-refractivity contribution in [2.24, 2.45) is 5.73 Å². The average Bonchev–Trinajstić information content (AvgIpc) is 2.14. The van der Waals surface area contributed by atoms with Gasteiger partial charge in [0.05, 0.1) is 0 Å². The predicted molar refractivity (Wildman–Crippen MR) is 51.3 cm³/mol. The largest absolute Gasteiger partial charge is 0.445 e. The SMILES string of the molecule is NC(=O)OCc1cc(C(F)(F)F)ncc1Br. The summed E-state index contributed by atoms with van der Waals surface area (Å²) in [4.78, 5) is 13.5. The van der Waals surface area contributed by atoms with Crippen LogP contribution in [0.1, 0.15) is 11.3 Å². The zero-order valence-corrected chi connectivity index (χ0v) is 9.30. The van der Waals surface area contributed by atoms with Gasteiger partial charge in [0, 0.05) is 16.2 Å². The van der Waals surface area contributed by atoms with Crippen LogP contribution in [0.15, 0.2) is 16.7 Å². The summed E-state index contributed by atoms with van der Waals surface area (Å²) in [7, 11) is 0. The fourth-order valence-electron chi connectivity index (χ4n) is 0.895. The molecule has 0 saturated carbocycles. The summed E-state index contributed by atoms with van der Waals surface area (Å²) < 4.78 is 41.6. The lowest BCUT2D eigenvalue weighted by molar-refractivity contribution is -0.141. The molecule has 0 aromatic carbocycles. The minimum absolute atomic E-state index is 0.140. The van der Waals surface area contributed by atoms with E-state index in [0.717, 1.165) is 12.3 Å². The van der Waals surface area contributed by atoms with Gasteiger partial charge in [0.25, 0.3) is 0 Å². The van der Waals surface area contributed by atoms with Crippen LogP contribution in [0.4, 0.5) is 18.0 Å². The summed E-state index contributed by atoms with van der Waals surface area (Å²) in [5.41, 5.74) is 3.78. The van der Waals surface area contributed by atoms with Gasteiger partial charge in [0.2, 0.25) is 0 Å². The minimum Gasteiger partial charge on any atom is -0.445 e. The molecule has 88 valence electrons. The van der Waals surface area contributed by atoms with Gasteiger partial charge in [-0.25, -0.2) is 4.79 Å². The van der Waals surface area contributed by atoms with E-state index in [-0.39, 0.29) is 12.2 Å². The first-order chi connectivity index (χ1) is 7.30. The molecule has 0 aliphatic heterocycles. The van der Waals surface area contributed by atoms with E-state index in [0.29, 0.717) is 4.47 Å². The van der Waals surface area contributed by atoms with Crippen molar-refractivity contribution in [3.8, 4) is 0 Å². The molecule has 0 saturated heterocycles. The number of carbonyl (C=O) groups excluding carboxylic acids is 1. The Hall–Kier alpha value is -1.31. The van der Waals surface area contributed by atoms with Gasteiger partial charge < -0.3 is 10.5 Å². The molecule has 0 aliphatic carbocycles. The Morgan fingerprint density at radius 3 is 2.69 bits per heavy atom. The second kappa shape index (κ2) is 4.69. The van der Waals surface area contributed by atoms with Crippen molar-refractivity contribution in [3.63, 3.8) is 0 Å². The van der Waals surface area contributed by atoms with Gasteiger partial charge in [-0.05, 0) is 22.0 Å². The lowest BCUT2D eigenvalue weighted by atomic mass is 10.2. The number of ether oxygens (including phenoxy) is 1. The van der Waals surface area contributed by atoms with E-state index in [4.69, 9.17) is 5.73 Å². The van der Waals surface area contributed by atoms with Crippen molar-refractivity contribution in [2.75, 3.05) is 0 Å². The third-order valence-electron chi connectivity index (χ3n) is 1.60. The van der Waals surface area contributed by atoms with Crippen LogP contribution in [0, 0.1) is 0 Å². The third-order valence-corrected chi connectivity index (χ3v) is 2.31. The molecular weight excluding hydrogens is 293 g/mol. The maximum Gasteiger partial charge on any atom is 0.433 e. The van der Waals surface area contributed by atoms with E-state index in [1.807, 2.05) is 0 Å². The molecule has 0 fully saturated rings. The number of halogens is 4. The van der Waals surface area contributed by atoms with Crippen molar-refractivity contribution in [2.45, 2.75) is 12.8 Å². The molecule has 8 heteroatoms. The van der Waals surface area contributed by atoms with Crippen LogP contribution in [0.25, 0.3) is 0 Å². The van der Waals surface area contributed by atoms with E-state index in [2.05, 4.69) is 25.7 Å². The Morgan fingerprint density at radius 1 is 1.56 bits per heavy atom. The van der Waals surface area contributed by atoms with Gasteiger partial charge in [0.1, 0.15) is 12.3 Å². The van der Waals surface area contributed by atoms with Crippen LogP contribution in [0.2, 0.25) is 0 Å². The summed E-state index contributed by atoms with van der Waals surface area (Å²) in [6.07, 6.45) is -4.61. The molecule has 1 rings (SSSR count). The maximum absolute atomic E-state index is 12.3. The van der Waals surface area contributed by atoms with Crippen LogP contribution in [0.3, 0.4) is 0 Å². The van der Waals surface area contributed by atoms with E-state index < -0.39 is 18.0 Å². The molecule has 0 bridgehead atoms. The number of primary amides is 1. The number of carbonyl (C=O) groups is 1. The number of pyridine rings is 1.